The molecule has 3 fully saturated rings. The van der Waals surface area contributed by atoms with E-state index in [0.717, 1.165) is 13.1 Å². The van der Waals surface area contributed by atoms with Crippen LogP contribution in [0.1, 0.15) is 13.8 Å². The highest BCUT2D eigenvalue weighted by molar-refractivity contribution is 5.03. The summed E-state index contributed by atoms with van der Waals surface area (Å²) in [5.41, 5.74) is 0. The lowest BCUT2D eigenvalue weighted by atomic mass is 10.1. The van der Waals surface area contributed by atoms with Gasteiger partial charge in [-0.05, 0) is 13.8 Å². The second-order valence-electron chi connectivity index (χ2n) is 4.76. The van der Waals surface area contributed by atoms with Crippen LogP contribution in [0.15, 0.2) is 0 Å². The van der Waals surface area contributed by atoms with Gasteiger partial charge in [0.1, 0.15) is 0 Å². The maximum atomic E-state index is 3.57. The summed E-state index contributed by atoms with van der Waals surface area (Å²) in [4.78, 5) is 5.30. The molecule has 80 valence electrons. The van der Waals surface area contributed by atoms with Crippen molar-refractivity contribution < 1.29 is 0 Å². The first-order valence-corrected chi connectivity index (χ1v) is 5.77. The lowest BCUT2D eigenvalue weighted by molar-refractivity contribution is 0.0170. The van der Waals surface area contributed by atoms with E-state index in [2.05, 4.69) is 34.3 Å². The molecule has 3 rings (SSSR count). The second-order valence-corrected chi connectivity index (χ2v) is 4.76. The van der Waals surface area contributed by atoms with Crippen LogP contribution in [0, 0.1) is 0 Å². The quantitative estimate of drug-likeness (QED) is 0.533. The molecule has 2 N–H and O–H groups in total. The molecule has 0 aromatic rings. The Morgan fingerprint density at radius 2 is 1.43 bits per heavy atom. The van der Waals surface area contributed by atoms with Gasteiger partial charge < -0.3 is 0 Å². The molecule has 0 spiro atoms. The molecule has 2 atom stereocenters. The van der Waals surface area contributed by atoms with Crippen molar-refractivity contribution in [2.75, 3.05) is 26.2 Å². The molecule has 3 aliphatic rings. The first kappa shape index (κ1) is 9.09. The average molecular weight is 196 g/mol. The van der Waals surface area contributed by atoms with E-state index in [1.54, 1.807) is 0 Å². The van der Waals surface area contributed by atoms with Gasteiger partial charge in [0, 0.05) is 38.3 Å². The highest BCUT2D eigenvalue weighted by Gasteiger charge is 2.48. The fourth-order valence-electron chi connectivity index (χ4n) is 3.26. The zero-order valence-electron chi connectivity index (χ0n) is 9.03. The first-order chi connectivity index (χ1) is 6.79. The minimum Gasteiger partial charge on any atom is -0.298 e. The topological polar surface area (TPSA) is 30.5 Å². The Kier molecular flexibility index (Phi) is 2.06. The Labute approximate surface area is 85.6 Å². The van der Waals surface area contributed by atoms with Gasteiger partial charge in [0.05, 0.1) is 12.3 Å². The van der Waals surface area contributed by atoms with E-state index < -0.39 is 0 Å². The van der Waals surface area contributed by atoms with Gasteiger partial charge in [-0.15, -0.1) is 0 Å². The van der Waals surface area contributed by atoms with Crippen LogP contribution in [0.2, 0.25) is 0 Å². The van der Waals surface area contributed by atoms with Gasteiger partial charge >= 0.3 is 0 Å². The second kappa shape index (κ2) is 3.17. The van der Waals surface area contributed by atoms with Crippen molar-refractivity contribution in [3.63, 3.8) is 0 Å². The molecule has 3 heterocycles. The molecule has 4 heteroatoms. The minimum absolute atomic E-state index is 0.491. The van der Waals surface area contributed by atoms with Gasteiger partial charge in [0.15, 0.2) is 0 Å². The van der Waals surface area contributed by atoms with Gasteiger partial charge in [-0.1, -0.05) is 0 Å². The normalized spacial score (nSPS) is 49.3. The van der Waals surface area contributed by atoms with Crippen LogP contribution >= 0.6 is 0 Å². The molecule has 0 aromatic carbocycles. The fourth-order valence-corrected chi connectivity index (χ4v) is 3.26. The number of hydrogen-bond acceptors (Lipinski definition) is 4. The van der Waals surface area contributed by atoms with Crippen LogP contribution in [0.3, 0.4) is 0 Å². The molecule has 3 saturated heterocycles. The third-order valence-corrected chi connectivity index (χ3v) is 4.19. The van der Waals surface area contributed by atoms with E-state index in [1.165, 1.54) is 13.1 Å². The van der Waals surface area contributed by atoms with E-state index in [4.69, 9.17) is 0 Å². The third kappa shape index (κ3) is 1.08. The zero-order chi connectivity index (χ0) is 9.71. The standard InChI is InChI=1S/C10H20N4/c1-7-8(2)14-6-4-12-9-10(14)13(7)5-3-11-9/h7-12H,3-6H2,1-2H3. The highest BCUT2D eigenvalue weighted by Crippen LogP contribution is 2.30. The van der Waals surface area contributed by atoms with Crippen molar-refractivity contribution >= 4 is 0 Å². The van der Waals surface area contributed by atoms with Crippen molar-refractivity contribution in [3.8, 4) is 0 Å². The van der Waals surface area contributed by atoms with Crippen molar-refractivity contribution in [1.29, 1.82) is 0 Å². The monoisotopic (exact) mass is 196 g/mol. The Morgan fingerprint density at radius 3 is 1.93 bits per heavy atom. The average Bonchev–Trinajstić information content (AvgIpc) is 2.47. The summed E-state index contributed by atoms with van der Waals surface area (Å²) in [6.45, 7) is 9.38. The zero-order valence-corrected chi connectivity index (χ0v) is 9.03. The van der Waals surface area contributed by atoms with E-state index >= 15 is 0 Å². The smallest absolute Gasteiger partial charge is 0.0923 e. The highest BCUT2D eigenvalue weighted by atomic mass is 15.5. The van der Waals surface area contributed by atoms with Gasteiger partial charge in [0.2, 0.25) is 0 Å². The van der Waals surface area contributed by atoms with Crippen molar-refractivity contribution in [1.82, 2.24) is 20.4 Å². The third-order valence-electron chi connectivity index (χ3n) is 4.19. The van der Waals surface area contributed by atoms with Gasteiger partial charge in [-0.3, -0.25) is 20.4 Å². The van der Waals surface area contributed by atoms with Gasteiger partial charge in [-0.25, -0.2) is 0 Å². The molecule has 0 amide bonds. The molecule has 14 heavy (non-hydrogen) atoms. The maximum absolute atomic E-state index is 3.57. The van der Waals surface area contributed by atoms with Gasteiger partial charge in [0.25, 0.3) is 0 Å². The Bertz CT molecular complexity index is 210. The SMILES string of the molecule is CC1C(C)N2CCNC3NCCN1C32. The summed E-state index contributed by atoms with van der Waals surface area (Å²) in [6, 6.07) is 1.42. The molecule has 0 bridgehead atoms. The molecule has 0 aromatic heterocycles. The summed E-state index contributed by atoms with van der Waals surface area (Å²) >= 11 is 0. The molecule has 4 nitrogen and oxygen atoms in total. The van der Waals surface area contributed by atoms with E-state index in [1.807, 2.05) is 0 Å². The van der Waals surface area contributed by atoms with Crippen LogP contribution in [0.25, 0.3) is 0 Å². The Morgan fingerprint density at radius 1 is 0.929 bits per heavy atom. The number of rotatable bonds is 0. The van der Waals surface area contributed by atoms with Crippen molar-refractivity contribution in [3.05, 3.63) is 0 Å². The number of nitrogens with one attached hydrogen (secondary N) is 2. The van der Waals surface area contributed by atoms with Crippen LogP contribution in [-0.2, 0) is 0 Å². The molecule has 0 aliphatic carbocycles. The summed E-state index contributed by atoms with van der Waals surface area (Å²) < 4.78 is 0. The van der Waals surface area contributed by atoms with Crippen LogP contribution < -0.4 is 10.6 Å². The minimum atomic E-state index is 0.491. The summed E-state index contributed by atoms with van der Waals surface area (Å²) in [5.74, 6) is 0. The first-order valence-electron chi connectivity index (χ1n) is 5.77. The van der Waals surface area contributed by atoms with Crippen LogP contribution in [-0.4, -0.2) is 60.4 Å². The van der Waals surface area contributed by atoms with Crippen molar-refractivity contribution in [2.24, 2.45) is 0 Å². The maximum Gasteiger partial charge on any atom is 0.0923 e. The predicted molar refractivity (Wildman–Crippen MR) is 55.9 cm³/mol. The molecular weight excluding hydrogens is 176 g/mol. The van der Waals surface area contributed by atoms with E-state index in [0.29, 0.717) is 24.4 Å². The Balaban J connectivity index is 1.90. The number of nitrogens with zero attached hydrogens (tertiary/aromatic N) is 2. The predicted octanol–water partition coefficient (Wildman–Crippen LogP) is -0.760. The van der Waals surface area contributed by atoms with Crippen LogP contribution in [0.4, 0.5) is 0 Å². The molecule has 0 saturated carbocycles. The molecule has 3 aliphatic heterocycles. The molecular formula is C10H20N4. The number of piperazine rings is 2. The lowest BCUT2D eigenvalue weighted by Crippen LogP contribution is -2.69. The van der Waals surface area contributed by atoms with Gasteiger partial charge in [-0.2, -0.15) is 0 Å². The summed E-state index contributed by atoms with van der Waals surface area (Å²) in [6.07, 6.45) is 1.09. The molecule has 0 radical (unpaired) electrons. The number of hydrogen-bond donors (Lipinski definition) is 2. The largest absolute Gasteiger partial charge is 0.298 e. The lowest BCUT2D eigenvalue weighted by Gasteiger charge is -2.45. The molecule has 2 unspecified atom stereocenters. The van der Waals surface area contributed by atoms with Crippen molar-refractivity contribution in [2.45, 2.75) is 38.3 Å². The van der Waals surface area contributed by atoms with Crippen LogP contribution in [0.5, 0.6) is 0 Å². The fraction of sp³-hybridized carbons (Fsp3) is 1.00. The van der Waals surface area contributed by atoms with E-state index in [-0.39, 0.29) is 0 Å². The summed E-state index contributed by atoms with van der Waals surface area (Å²) in [5, 5.41) is 7.14. The summed E-state index contributed by atoms with van der Waals surface area (Å²) in [7, 11) is 0. The van der Waals surface area contributed by atoms with E-state index in [9.17, 15) is 0 Å². The Hall–Kier alpha value is -0.160.